The molecule has 1 aliphatic carbocycles. The Hall–Kier alpha value is -2.66. The van der Waals surface area contributed by atoms with Gasteiger partial charge in [-0.2, -0.15) is 5.26 Å². The summed E-state index contributed by atoms with van der Waals surface area (Å²) in [4.78, 5) is 23.9. The van der Waals surface area contributed by atoms with Crippen molar-refractivity contribution in [1.82, 2.24) is 19.4 Å². The zero-order valence-electron chi connectivity index (χ0n) is 18.9. The topological polar surface area (TPSA) is 84.0 Å². The average Bonchev–Trinajstić information content (AvgIpc) is 3.30. The Bertz CT molecular complexity index is 1190. The second-order valence-corrected chi connectivity index (χ2v) is 11.0. The summed E-state index contributed by atoms with van der Waals surface area (Å²) in [5.41, 5.74) is 2.63. The lowest BCUT2D eigenvalue weighted by Gasteiger charge is -2.40. The quantitative estimate of drug-likeness (QED) is 0.516. The number of thiophene rings is 1. The lowest BCUT2D eigenvalue weighted by atomic mass is 9.84. The van der Waals surface area contributed by atoms with E-state index in [-0.39, 0.29) is 12.0 Å². The van der Waals surface area contributed by atoms with Gasteiger partial charge in [0.05, 0.1) is 33.9 Å². The first-order valence-electron chi connectivity index (χ1n) is 11.4. The number of nitriles is 1. The molecule has 1 saturated carbocycles. The summed E-state index contributed by atoms with van der Waals surface area (Å²) in [5, 5.41) is 11.2. The van der Waals surface area contributed by atoms with Crippen LogP contribution in [0.25, 0.3) is 21.3 Å². The SMILES string of the molecule is CC(C)(C)OC(=O)N1CC(c2nc3cnc4ccsc4c3n2C2CCC(CC#N)CC2)C1. The number of ether oxygens (including phenoxy) is 1. The molecule has 0 spiro atoms. The highest BCUT2D eigenvalue weighted by atomic mass is 32.1. The van der Waals surface area contributed by atoms with Gasteiger partial charge in [0.15, 0.2) is 0 Å². The molecule has 0 bridgehead atoms. The van der Waals surface area contributed by atoms with Crippen LogP contribution >= 0.6 is 11.3 Å². The van der Waals surface area contributed by atoms with Crippen LogP contribution in [0.5, 0.6) is 0 Å². The Balaban J connectivity index is 1.46. The highest BCUT2D eigenvalue weighted by molar-refractivity contribution is 7.18. The number of likely N-dealkylation sites (tertiary alicyclic amines) is 1. The summed E-state index contributed by atoms with van der Waals surface area (Å²) >= 11 is 1.72. The predicted molar refractivity (Wildman–Crippen MR) is 125 cm³/mol. The van der Waals surface area contributed by atoms with E-state index < -0.39 is 5.60 Å². The Morgan fingerprint density at radius 1 is 1.25 bits per heavy atom. The van der Waals surface area contributed by atoms with E-state index in [0.29, 0.717) is 31.5 Å². The number of hydrogen-bond donors (Lipinski definition) is 0. The van der Waals surface area contributed by atoms with Gasteiger partial charge in [-0.25, -0.2) is 9.78 Å². The number of nitrogens with zero attached hydrogens (tertiary/aromatic N) is 5. The van der Waals surface area contributed by atoms with Gasteiger partial charge in [0.25, 0.3) is 0 Å². The number of amides is 1. The van der Waals surface area contributed by atoms with Crippen LogP contribution in [0.1, 0.15) is 70.7 Å². The third kappa shape index (κ3) is 3.83. The minimum absolute atomic E-state index is 0.196. The molecule has 7 nitrogen and oxygen atoms in total. The van der Waals surface area contributed by atoms with Crippen molar-refractivity contribution in [3.05, 3.63) is 23.5 Å². The monoisotopic (exact) mass is 451 g/mol. The van der Waals surface area contributed by atoms with Gasteiger partial charge < -0.3 is 14.2 Å². The number of carbonyl (C=O) groups is 1. The van der Waals surface area contributed by atoms with E-state index in [4.69, 9.17) is 15.0 Å². The minimum Gasteiger partial charge on any atom is -0.444 e. The number of fused-ring (bicyclic) bond motifs is 3. The molecule has 168 valence electrons. The smallest absolute Gasteiger partial charge is 0.410 e. The van der Waals surface area contributed by atoms with Crippen molar-refractivity contribution in [2.45, 2.75) is 70.4 Å². The molecule has 3 aromatic heterocycles. The van der Waals surface area contributed by atoms with Crippen molar-refractivity contribution in [2.24, 2.45) is 5.92 Å². The molecule has 0 radical (unpaired) electrons. The van der Waals surface area contributed by atoms with Crippen molar-refractivity contribution < 1.29 is 9.53 Å². The maximum atomic E-state index is 12.5. The molecule has 2 aliphatic rings. The van der Waals surface area contributed by atoms with Gasteiger partial charge in [0.1, 0.15) is 16.9 Å². The molecule has 0 atom stereocenters. The van der Waals surface area contributed by atoms with Crippen molar-refractivity contribution in [1.29, 1.82) is 5.26 Å². The van der Waals surface area contributed by atoms with Gasteiger partial charge in [-0.15, -0.1) is 11.3 Å². The molecule has 5 rings (SSSR count). The van der Waals surface area contributed by atoms with Crippen LogP contribution < -0.4 is 0 Å². The zero-order valence-corrected chi connectivity index (χ0v) is 19.7. The van der Waals surface area contributed by atoms with E-state index >= 15 is 0 Å². The summed E-state index contributed by atoms with van der Waals surface area (Å²) < 4.78 is 9.18. The summed E-state index contributed by atoms with van der Waals surface area (Å²) in [6.45, 7) is 6.93. The van der Waals surface area contributed by atoms with Crippen molar-refractivity contribution in [3.63, 3.8) is 0 Å². The fourth-order valence-electron chi connectivity index (χ4n) is 5.01. The van der Waals surface area contributed by atoms with E-state index in [1.165, 1.54) is 10.2 Å². The fourth-order valence-corrected chi connectivity index (χ4v) is 5.90. The summed E-state index contributed by atoms with van der Waals surface area (Å²) in [6.07, 6.45) is 6.54. The molecule has 3 aromatic rings. The van der Waals surface area contributed by atoms with Crippen molar-refractivity contribution in [2.75, 3.05) is 13.1 Å². The molecule has 0 N–H and O–H groups in total. The molecule has 1 aliphatic heterocycles. The Labute approximate surface area is 192 Å². The van der Waals surface area contributed by atoms with Gasteiger partial charge in [0, 0.05) is 25.6 Å². The fraction of sp³-hybridized carbons (Fsp3) is 0.583. The van der Waals surface area contributed by atoms with Crippen LogP contribution in [0, 0.1) is 17.2 Å². The Morgan fingerprint density at radius 2 is 2.00 bits per heavy atom. The van der Waals surface area contributed by atoms with Gasteiger partial charge in [-0.05, 0) is 63.8 Å². The van der Waals surface area contributed by atoms with Gasteiger partial charge in [-0.1, -0.05) is 0 Å². The number of hydrogen-bond acceptors (Lipinski definition) is 6. The van der Waals surface area contributed by atoms with Crippen LogP contribution in [-0.4, -0.2) is 44.2 Å². The zero-order chi connectivity index (χ0) is 22.5. The maximum absolute atomic E-state index is 12.5. The van der Waals surface area contributed by atoms with Crippen LogP contribution in [0.15, 0.2) is 17.6 Å². The lowest BCUT2D eigenvalue weighted by molar-refractivity contribution is 0.00709. The standard InChI is InChI=1S/C24H29N5O2S/c1-24(2,3)31-23(30)28-13-16(14-28)22-27-19-12-26-18-9-11-32-21(18)20(19)29(22)17-6-4-15(5-7-17)8-10-25/h9,11-12,15-17H,4-8,13-14H2,1-3H3. The van der Waals surface area contributed by atoms with Gasteiger partial charge in [-0.3, -0.25) is 4.98 Å². The molecule has 0 unspecified atom stereocenters. The highest BCUT2D eigenvalue weighted by Crippen LogP contribution is 2.41. The molecule has 8 heteroatoms. The van der Waals surface area contributed by atoms with Gasteiger partial charge in [0.2, 0.25) is 0 Å². The third-order valence-corrected chi connectivity index (χ3v) is 7.52. The number of imidazole rings is 1. The third-order valence-electron chi connectivity index (χ3n) is 6.61. The van der Waals surface area contributed by atoms with Crippen LogP contribution in [0.2, 0.25) is 0 Å². The Kier molecular flexibility index (Phi) is 5.32. The van der Waals surface area contributed by atoms with Crippen LogP contribution in [-0.2, 0) is 4.74 Å². The molecule has 2 fully saturated rings. The second-order valence-electron chi connectivity index (χ2n) is 10.1. The van der Waals surface area contributed by atoms with E-state index in [2.05, 4.69) is 27.1 Å². The number of aromatic nitrogens is 3. The number of rotatable bonds is 3. The lowest BCUT2D eigenvalue weighted by Crippen LogP contribution is -2.51. The minimum atomic E-state index is -0.492. The van der Waals surface area contributed by atoms with Crippen molar-refractivity contribution in [3.8, 4) is 6.07 Å². The van der Waals surface area contributed by atoms with E-state index in [1.54, 1.807) is 16.2 Å². The Morgan fingerprint density at radius 3 is 2.69 bits per heavy atom. The number of pyridine rings is 1. The molecule has 32 heavy (non-hydrogen) atoms. The molecular formula is C24H29N5O2S. The predicted octanol–water partition coefficient (Wildman–Crippen LogP) is 5.63. The average molecular weight is 452 g/mol. The molecule has 1 amide bonds. The van der Waals surface area contributed by atoms with Crippen LogP contribution in [0.3, 0.4) is 0 Å². The second kappa shape index (κ2) is 8.04. The van der Waals surface area contributed by atoms with E-state index in [1.807, 2.05) is 27.0 Å². The first-order chi connectivity index (χ1) is 15.3. The molecule has 1 saturated heterocycles. The van der Waals surface area contributed by atoms with E-state index in [9.17, 15) is 4.79 Å². The normalized spacial score (nSPS) is 22.1. The molecule has 0 aromatic carbocycles. The first-order valence-corrected chi connectivity index (χ1v) is 12.3. The summed E-state index contributed by atoms with van der Waals surface area (Å²) in [6, 6.07) is 4.77. The van der Waals surface area contributed by atoms with Gasteiger partial charge >= 0.3 is 6.09 Å². The first kappa shape index (κ1) is 21.2. The molecule has 4 heterocycles. The number of carbonyl (C=O) groups excluding carboxylic acids is 1. The molecular weight excluding hydrogens is 422 g/mol. The largest absolute Gasteiger partial charge is 0.444 e. The van der Waals surface area contributed by atoms with Crippen molar-refractivity contribution >= 4 is 38.7 Å². The summed E-state index contributed by atoms with van der Waals surface area (Å²) in [7, 11) is 0. The van der Waals surface area contributed by atoms with E-state index in [0.717, 1.165) is 42.5 Å². The summed E-state index contributed by atoms with van der Waals surface area (Å²) in [5.74, 6) is 1.76. The highest BCUT2D eigenvalue weighted by Gasteiger charge is 2.39. The maximum Gasteiger partial charge on any atom is 0.410 e. The van der Waals surface area contributed by atoms with Crippen LogP contribution in [0.4, 0.5) is 4.79 Å².